The molecule has 0 aliphatic carbocycles. The zero-order valence-corrected chi connectivity index (χ0v) is 13.8. The van der Waals surface area contributed by atoms with E-state index >= 15 is 0 Å². The van der Waals surface area contributed by atoms with E-state index < -0.39 is 0 Å². The van der Waals surface area contributed by atoms with Gasteiger partial charge < -0.3 is 15.5 Å². The minimum Gasteiger partial charge on any atom is -0.341 e. The van der Waals surface area contributed by atoms with Crippen molar-refractivity contribution < 1.29 is 4.79 Å². The molecule has 7 heteroatoms. The molecule has 0 bridgehead atoms. The first-order valence-electron chi connectivity index (χ1n) is 8.18. The number of hydrogen-bond donors (Lipinski definition) is 2. The van der Waals surface area contributed by atoms with Gasteiger partial charge in [0, 0.05) is 31.4 Å². The summed E-state index contributed by atoms with van der Waals surface area (Å²) in [5, 5.41) is 6.08. The van der Waals surface area contributed by atoms with Gasteiger partial charge in [-0.3, -0.25) is 9.78 Å². The molecule has 0 spiro atoms. The van der Waals surface area contributed by atoms with Crippen LogP contribution in [0.5, 0.6) is 0 Å². The molecule has 24 heavy (non-hydrogen) atoms. The highest BCUT2D eigenvalue weighted by atomic mass is 16.2. The highest BCUT2D eigenvalue weighted by Crippen LogP contribution is 2.26. The number of amides is 1. The first-order valence-corrected chi connectivity index (χ1v) is 8.18. The van der Waals surface area contributed by atoms with Crippen molar-refractivity contribution in [3.63, 3.8) is 0 Å². The van der Waals surface area contributed by atoms with Crippen LogP contribution in [0.4, 0.5) is 11.6 Å². The van der Waals surface area contributed by atoms with Crippen molar-refractivity contribution in [3.8, 4) is 0 Å². The molecule has 1 saturated heterocycles. The van der Waals surface area contributed by atoms with Crippen LogP contribution < -0.4 is 10.6 Å². The number of hydrogen-bond acceptors (Lipinski definition) is 6. The number of rotatable bonds is 5. The number of carbonyl (C=O) groups is 1. The zero-order chi connectivity index (χ0) is 16.8. The lowest BCUT2D eigenvalue weighted by atomic mass is 9.95. The van der Waals surface area contributed by atoms with Gasteiger partial charge in [-0.1, -0.05) is 6.07 Å². The monoisotopic (exact) mass is 326 g/mol. The molecule has 2 aromatic heterocycles. The maximum atomic E-state index is 12.1. The number of likely N-dealkylation sites (tertiary alicyclic amines) is 1. The summed E-state index contributed by atoms with van der Waals surface area (Å²) in [6, 6.07) is 5.66. The van der Waals surface area contributed by atoms with E-state index in [0.717, 1.165) is 30.9 Å². The number of aromatic nitrogens is 3. The van der Waals surface area contributed by atoms with Gasteiger partial charge in [0.2, 0.25) is 5.91 Å². The summed E-state index contributed by atoms with van der Waals surface area (Å²) < 4.78 is 0. The molecule has 126 valence electrons. The number of nitrogens with one attached hydrogen (secondary N) is 2. The molecule has 1 amide bonds. The fourth-order valence-electron chi connectivity index (χ4n) is 2.91. The number of nitrogens with zero attached hydrogens (tertiary/aromatic N) is 4. The molecule has 2 N–H and O–H groups in total. The van der Waals surface area contributed by atoms with E-state index in [-0.39, 0.29) is 11.8 Å². The van der Waals surface area contributed by atoms with Crippen molar-refractivity contribution in [2.75, 3.05) is 32.0 Å². The lowest BCUT2D eigenvalue weighted by Gasteiger charge is -2.32. The quantitative estimate of drug-likeness (QED) is 0.867. The number of carbonyl (C=O) groups excluding carboxylic acids is 1. The molecule has 1 aliphatic heterocycles. The van der Waals surface area contributed by atoms with Crippen LogP contribution in [0.1, 0.15) is 24.5 Å². The van der Waals surface area contributed by atoms with Gasteiger partial charge in [-0.25, -0.2) is 9.97 Å². The standard InChI is InChI=1S/C17H22N6O/c1-18-11-17(24)23-8-4-5-13(12-23)14-9-19-10-16(21-14)22-15-6-2-3-7-20-15/h2-3,6-7,9-10,13,18H,4-5,8,11-12H2,1H3,(H,20,21,22). The predicted octanol–water partition coefficient (Wildman–Crippen LogP) is 1.54. The van der Waals surface area contributed by atoms with Crippen LogP contribution in [-0.4, -0.2) is 52.4 Å². The Labute approximate surface area is 141 Å². The van der Waals surface area contributed by atoms with Crippen molar-refractivity contribution in [2.24, 2.45) is 0 Å². The molecule has 7 nitrogen and oxygen atoms in total. The average Bonchev–Trinajstić information content (AvgIpc) is 2.63. The first kappa shape index (κ1) is 16.3. The summed E-state index contributed by atoms with van der Waals surface area (Å²) >= 11 is 0. The smallest absolute Gasteiger partial charge is 0.236 e. The summed E-state index contributed by atoms with van der Waals surface area (Å²) in [6.45, 7) is 1.89. The topological polar surface area (TPSA) is 83.0 Å². The second-order valence-corrected chi connectivity index (χ2v) is 5.88. The summed E-state index contributed by atoms with van der Waals surface area (Å²) in [7, 11) is 1.79. The van der Waals surface area contributed by atoms with Crippen LogP contribution in [0.25, 0.3) is 0 Å². The molecular weight excluding hydrogens is 304 g/mol. The van der Waals surface area contributed by atoms with Crippen molar-refractivity contribution >= 4 is 17.5 Å². The Morgan fingerprint density at radius 3 is 3.04 bits per heavy atom. The molecule has 1 fully saturated rings. The Hall–Kier alpha value is -2.54. The number of likely N-dealkylation sites (N-methyl/N-ethyl adjacent to an activating group) is 1. The van der Waals surface area contributed by atoms with E-state index in [1.165, 1.54) is 0 Å². The predicted molar refractivity (Wildman–Crippen MR) is 92.0 cm³/mol. The second-order valence-electron chi connectivity index (χ2n) is 5.88. The van der Waals surface area contributed by atoms with E-state index in [2.05, 4.69) is 25.6 Å². The molecule has 0 radical (unpaired) electrons. The molecule has 2 aromatic rings. The van der Waals surface area contributed by atoms with Crippen LogP contribution >= 0.6 is 0 Å². The molecule has 1 unspecified atom stereocenters. The third kappa shape index (κ3) is 4.05. The molecule has 1 atom stereocenters. The molecular formula is C17H22N6O. The van der Waals surface area contributed by atoms with Gasteiger partial charge in [0.1, 0.15) is 11.6 Å². The Balaban J connectivity index is 1.70. The Bertz CT molecular complexity index is 678. The highest BCUT2D eigenvalue weighted by Gasteiger charge is 2.25. The van der Waals surface area contributed by atoms with Crippen LogP contribution in [-0.2, 0) is 4.79 Å². The van der Waals surface area contributed by atoms with Crippen molar-refractivity contribution in [2.45, 2.75) is 18.8 Å². The summed E-state index contributed by atoms with van der Waals surface area (Å²) in [4.78, 5) is 27.2. The van der Waals surface area contributed by atoms with Gasteiger partial charge >= 0.3 is 0 Å². The Morgan fingerprint density at radius 1 is 1.33 bits per heavy atom. The molecule has 3 rings (SSSR count). The summed E-state index contributed by atoms with van der Waals surface area (Å²) in [6.07, 6.45) is 7.21. The SMILES string of the molecule is CNCC(=O)N1CCCC(c2cncc(Nc3ccccn3)n2)C1. The summed E-state index contributed by atoms with van der Waals surface area (Å²) in [5.41, 5.74) is 0.915. The minimum atomic E-state index is 0.137. The summed E-state index contributed by atoms with van der Waals surface area (Å²) in [5.74, 6) is 1.76. The molecule has 1 aliphatic rings. The van der Waals surface area contributed by atoms with E-state index in [1.807, 2.05) is 23.1 Å². The molecule has 0 aromatic carbocycles. The largest absolute Gasteiger partial charge is 0.341 e. The van der Waals surface area contributed by atoms with Crippen molar-refractivity contribution in [3.05, 3.63) is 42.5 Å². The van der Waals surface area contributed by atoms with Crippen molar-refractivity contribution in [1.29, 1.82) is 0 Å². The number of piperidine rings is 1. The zero-order valence-electron chi connectivity index (χ0n) is 13.8. The van der Waals surface area contributed by atoms with Gasteiger partial charge in [0.05, 0.1) is 18.4 Å². The first-order chi connectivity index (χ1) is 11.8. The third-order valence-corrected chi connectivity index (χ3v) is 4.09. The minimum absolute atomic E-state index is 0.137. The Morgan fingerprint density at radius 2 is 2.25 bits per heavy atom. The fourth-order valence-corrected chi connectivity index (χ4v) is 2.91. The van der Waals surface area contributed by atoms with Crippen LogP contribution in [0, 0.1) is 0 Å². The van der Waals surface area contributed by atoms with Gasteiger partial charge in [0.25, 0.3) is 0 Å². The van der Waals surface area contributed by atoms with Crippen LogP contribution in [0.15, 0.2) is 36.8 Å². The van der Waals surface area contributed by atoms with E-state index in [9.17, 15) is 4.79 Å². The van der Waals surface area contributed by atoms with E-state index in [0.29, 0.717) is 18.9 Å². The van der Waals surface area contributed by atoms with E-state index in [4.69, 9.17) is 0 Å². The Kier molecular flexibility index (Phi) is 5.32. The maximum Gasteiger partial charge on any atom is 0.236 e. The highest BCUT2D eigenvalue weighted by molar-refractivity contribution is 5.78. The fraction of sp³-hybridized carbons (Fsp3) is 0.412. The van der Waals surface area contributed by atoms with Gasteiger partial charge in [-0.2, -0.15) is 0 Å². The van der Waals surface area contributed by atoms with Crippen LogP contribution in [0.3, 0.4) is 0 Å². The lowest BCUT2D eigenvalue weighted by molar-refractivity contribution is -0.131. The van der Waals surface area contributed by atoms with Crippen molar-refractivity contribution in [1.82, 2.24) is 25.2 Å². The number of anilines is 2. The third-order valence-electron chi connectivity index (χ3n) is 4.09. The van der Waals surface area contributed by atoms with E-state index in [1.54, 1.807) is 25.6 Å². The van der Waals surface area contributed by atoms with Gasteiger partial charge in [-0.05, 0) is 32.0 Å². The molecule has 0 saturated carbocycles. The van der Waals surface area contributed by atoms with Gasteiger partial charge in [-0.15, -0.1) is 0 Å². The molecule has 3 heterocycles. The lowest BCUT2D eigenvalue weighted by Crippen LogP contribution is -2.43. The van der Waals surface area contributed by atoms with Crippen LogP contribution in [0.2, 0.25) is 0 Å². The maximum absolute atomic E-state index is 12.1. The van der Waals surface area contributed by atoms with Gasteiger partial charge in [0.15, 0.2) is 0 Å². The average molecular weight is 326 g/mol. The second kappa shape index (κ2) is 7.83. The normalized spacial score (nSPS) is 17.5. The number of pyridine rings is 1.